The number of nitrogens with two attached hydrogens (primary N) is 1. The SMILES string of the molecule is NC(=S)c1cnc(N2CCOC3CCCC32)cn1. The molecule has 1 saturated heterocycles. The summed E-state index contributed by atoms with van der Waals surface area (Å²) in [4.78, 5) is 11.3. The molecule has 0 spiro atoms. The Morgan fingerprint density at radius 1 is 1.39 bits per heavy atom. The molecule has 0 radical (unpaired) electrons. The van der Waals surface area contributed by atoms with E-state index in [0.29, 0.717) is 17.8 Å². The monoisotopic (exact) mass is 264 g/mol. The van der Waals surface area contributed by atoms with Gasteiger partial charge < -0.3 is 15.4 Å². The van der Waals surface area contributed by atoms with Gasteiger partial charge in [0.1, 0.15) is 16.5 Å². The van der Waals surface area contributed by atoms with E-state index in [-0.39, 0.29) is 4.99 Å². The first kappa shape index (κ1) is 11.8. The second-order valence-electron chi connectivity index (χ2n) is 4.72. The van der Waals surface area contributed by atoms with Crippen LogP contribution in [0.5, 0.6) is 0 Å². The van der Waals surface area contributed by atoms with Crippen LogP contribution in [0.15, 0.2) is 12.4 Å². The van der Waals surface area contributed by atoms with Crippen molar-refractivity contribution in [3.05, 3.63) is 18.1 Å². The van der Waals surface area contributed by atoms with Crippen molar-refractivity contribution in [2.45, 2.75) is 31.4 Å². The first-order valence-corrected chi connectivity index (χ1v) is 6.66. The van der Waals surface area contributed by atoms with Gasteiger partial charge in [0.15, 0.2) is 0 Å². The van der Waals surface area contributed by atoms with Gasteiger partial charge in [0.2, 0.25) is 0 Å². The molecule has 5 nitrogen and oxygen atoms in total. The van der Waals surface area contributed by atoms with Crippen LogP contribution < -0.4 is 10.6 Å². The molecule has 0 bridgehead atoms. The summed E-state index contributed by atoms with van der Waals surface area (Å²) in [5.74, 6) is 0.898. The number of ether oxygens (including phenoxy) is 1. The van der Waals surface area contributed by atoms with Crippen LogP contribution in [0.1, 0.15) is 25.0 Å². The summed E-state index contributed by atoms with van der Waals surface area (Å²) < 4.78 is 5.78. The molecule has 18 heavy (non-hydrogen) atoms. The van der Waals surface area contributed by atoms with E-state index in [1.54, 1.807) is 12.4 Å². The number of hydrogen-bond donors (Lipinski definition) is 1. The number of rotatable bonds is 2. The van der Waals surface area contributed by atoms with Gasteiger partial charge in [-0.05, 0) is 19.3 Å². The van der Waals surface area contributed by atoms with E-state index in [9.17, 15) is 0 Å². The Morgan fingerprint density at radius 2 is 2.28 bits per heavy atom. The van der Waals surface area contributed by atoms with E-state index in [0.717, 1.165) is 25.4 Å². The van der Waals surface area contributed by atoms with Crippen molar-refractivity contribution in [1.82, 2.24) is 9.97 Å². The van der Waals surface area contributed by atoms with E-state index in [2.05, 4.69) is 14.9 Å². The molecule has 0 aromatic carbocycles. The molecule has 2 atom stereocenters. The van der Waals surface area contributed by atoms with Crippen LogP contribution in [0.25, 0.3) is 0 Å². The van der Waals surface area contributed by atoms with Gasteiger partial charge in [0, 0.05) is 6.54 Å². The van der Waals surface area contributed by atoms with Gasteiger partial charge in [0.25, 0.3) is 0 Å². The molecule has 1 aliphatic carbocycles. The van der Waals surface area contributed by atoms with E-state index in [1.807, 2.05) is 0 Å². The molecule has 6 heteroatoms. The topological polar surface area (TPSA) is 64.3 Å². The second-order valence-corrected chi connectivity index (χ2v) is 5.16. The van der Waals surface area contributed by atoms with Crippen LogP contribution in [-0.2, 0) is 4.74 Å². The molecule has 2 N–H and O–H groups in total. The highest BCUT2D eigenvalue weighted by Gasteiger charge is 2.36. The number of aromatic nitrogens is 2. The zero-order chi connectivity index (χ0) is 12.5. The number of nitrogens with zero attached hydrogens (tertiary/aromatic N) is 3. The molecular weight excluding hydrogens is 248 g/mol. The number of anilines is 1. The molecule has 96 valence electrons. The van der Waals surface area contributed by atoms with E-state index in [4.69, 9.17) is 22.7 Å². The first-order chi connectivity index (χ1) is 8.75. The summed E-state index contributed by atoms with van der Waals surface area (Å²) in [7, 11) is 0. The van der Waals surface area contributed by atoms with Crippen molar-refractivity contribution in [2.24, 2.45) is 5.73 Å². The maximum absolute atomic E-state index is 5.78. The zero-order valence-electron chi connectivity index (χ0n) is 10.1. The highest BCUT2D eigenvalue weighted by Crippen LogP contribution is 2.31. The predicted octanol–water partition coefficient (Wildman–Crippen LogP) is 0.869. The summed E-state index contributed by atoms with van der Waals surface area (Å²) in [6.45, 7) is 1.64. The highest BCUT2D eigenvalue weighted by atomic mass is 32.1. The minimum absolute atomic E-state index is 0.287. The number of fused-ring (bicyclic) bond motifs is 1. The Kier molecular flexibility index (Phi) is 3.13. The van der Waals surface area contributed by atoms with Crippen molar-refractivity contribution in [1.29, 1.82) is 0 Å². The van der Waals surface area contributed by atoms with Gasteiger partial charge in [0.05, 0.1) is 31.1 Å². The van der Waals surface area contributed by atoms with Gasteiger partial charge in [-0.15, -0.1) is 0 Å². The lowest BCUT2D eigenvalue weighted by Crippen LogP contribution is -2.49. The van der Waals surface area contributed by atoms with E-state index >= 15 is 0 Å². The average molecular weight is 264 g/mol. The maximum atomic E-state index is 5.78. The molecular formula is C12H16N4OS. The smallest absolute Gasteiger partial charge is 0.147 e. The van der Waals surface area contributed by atoms with Crippen LogP contribution in [0, 0.1) is 0 Å². The average Bonchev–Trinajstić information content (AvgIpc) is 2.87. The molecule has 1 saturated carbocycles. The fourth-order valence-electron chi connectivity index (χ4n) is 2.81. The molecule has 2 aliphatic rings. The normalized spacial score (nSPS) is 27.0. The molecule has 0 amide bonds. The lowest BCUT2D eigenvalue weighted by molar-refractivity contribution is 0.0253. The van der Waals surface area contributed by atoms with E-state index < -0.39 is 0 Å². The van der Waals surface area contributed by atoms with Crippen LogP contribution >= 0.6 is 12.2 Å². The molecule has 3 rings (SSSR count). The third-order valence-corrected chi connectivity index (χ3v) is 3.88. The van der Waals surface area contributed by atoms with Crippen LogP contribution in [0.2, 0.25) is 0 Å². The largest absolute Gasteiger partial charge is 0.388 e. The first-order valence-electron chi connectivity index (χ1n) is 6.26. The standard InChI is InChI=1S/C12H16N4OS/c13-12(18)8-6-15-11(7-14-8)16-4-5-17-10-3-1-2-9(10)16/h6-7,9-10H,1-5H2,(H2,13,18). The summed E-state index contributed by atoms with van der Waals surface area (Å²) >= 11 is 4.88. The van der Waals surface area contributed by atoms with Crippen molar-refractivity contribution in [3.8, 4) is 0 Å². The van der Waals surface area contributed by atoms with E-state index in [1.165, 1.54) is 12.8 Å². The minimum Gasteiger partial charge on any atom is -0.388 e. The Hall–Kier alpha value is -1.27. The van der Waals surface area contributed by atoms with Gasteiger partial charge in [-0.1, -0.05) is 12.2 Å². The maximum Gasteiger partial charge on any atom is 0.147 e. The Morgan fingerprint density at radius 3 is 3.00 bits per heavy atom. The summed E-state index contributed by atoms with van der Waals surface area (Å²) in [5, 5.41) is 0. The minimum atomic E-state index is 0.287. The Balaban J connectivity index is 1.82. The molecule has 1 aliphatic heterocycles. The lowest BCUT2D eigenvalue weighted by Gasteiger charge is -2.38. The Bertz CT molecular complexity index is 450. The molecule has 1 aromatic rings. The summed E-state index contributed by atoms with van der Waals surface area (Å²) in [6, 6.07) is 0.448. The van der Waals surface area contributed by atoms with Gasteiger partial charge >= 0.3 is 0 Å². The summed E-state index contributed by atoms with van der Waals surface area (Å²) in [5.41, 5.74) is 6.10. The van der Waals surface area contributed by atoms with Crippen molar-refractivity contribution >= 4 is 23.0 Å². The highest BCUT2D eigenvalue weighted by molar-refractivity contribution is 7.80. The predicted molar refractivity (Wildman–Crippen MR) is 72.6 cm³/mol. The zero-order valence-corrected chi connectivity index (χ0v) is 10.9. The fraction of sp³-hybridized carbons (Fsp3) is 0.583. The van der Waals surface area contributed by atoms with Crippen LogP contribution in [0.4, 0.5) is 5.82 Å². The molecule has 2 heterocycles. The quantitative estimate of drug-likeness (QED) is 0.800. The number of hydrogen-bond acceptors (Lipinski definition) is 5. The third kappa shape index (κ3) is 2.06. The second kappa shape index (κ2) is 4.78. The number of morpholine rings is 1. The lowest BCUT2D eigenvalue weighted by atomic mass is 10.1. The fourth-order valence-corrected chi connectivity index (χ4v) is 2.91. The van der Waals surface area contributed by atoms with Crippen molar-refractivity contribution in [3.63, 3.8) is 0 Å². The third-order valence-electron chi connectivity index (χ3n) is 3.67. The van der Waals surface area contributed by atoms with Crippen molar-refractivity contribution < 1.29 is 4.74 Å². The van der Waals surface area contributed by atoms with Crippen molar-refractivity contribution in [2.75, 3.05) is 18.1 Å². The molecule has 1 aromatic heterocycles. The van der Waals surface area contributed by atoms with Crippen LogP contribution in [-0.4, -0.2) is 40.3 Å². The summed E-state index contributed by atoms with van der Waals surface area (Å²) in [6.07, 6.45) is 7.32. The molecule has 2 unspecified atom stereocenters. The number of thiocarbonyl (C=S) groups is 1. The van der Waals surface area contributed by atoms with Gasteiger partial charge in [-0.2, -0.15) is 0 Å². The Labute approximate surface area is 111 Å². The van der Waals surface area contributed by atoms with Gasteiger partial charge in [-0.25, -0.2) is 9.97 Å². The van der Waals surface area contributed by atoms with Gasteiger partial charge in [-0.3, -0.25) is 0 Å². The molecule has 2 fully saturated rings. The van der Waals surface area contributed by atoms with Crippen LogP contribution in [0.3, 0.4) is 0 Å².